The summed E-state index contributed by atoms with van der Waals surface area (Å²) in [5.41, 5.74) is 1.06. The molecule has 0 aliphatic heterocycles. The fourth-order valence-electron chi connectivity index (χ4n) is 1.52. The number of ether oxygens (including phenoxy) is 1. The lowest BCUT2D eigenvalue weighted by Gasteiger charge is -2.26. The van der Waals surface area contributed by atoms with Gasteiger partial charge in [0, 0.05) is 23.2 Å². The SMILES string of the molecule is COC(=O)c1ccc(C(C)(C)CNS(=O)[O-])cc1. The van der Waals surface area contributed by atoms with E-state index in [0.717, 1.165) is 5.56 Å². The molecule has 1 unspecified atom stereocenters. The molecule has 100 valence electrons. The van der Waals surface area contributed by atoms with Crippen LogP contribution in [0, 0.1) is 0 Å². The van der Waals surface area contributed by atoms with Crippen LogP contribution in [0.15, 0.2) is 24.3 Å². The highest BCUT2D eigenvalue weighted by atomic mass is 32.2. The summed E-state index contributed by atoms with van der Waals surface area (Å²) in [7, 11) is 1.33. The third-order valence-electron chi connectivity index (χ3n) is 2.72. The second-order valence-corrected chi connectivity index (χ2v) is 5.27. The van der Waals surface area contributed by atoms with Crippen molar-refractivity contribution in [3.8, 4) is 0 Å². The first-order valence-corrected chi connectivity index (χ1v) is 6.46. The molecule has 5 nitrogen and oxygen atoms in total. The molecule has 1 N–H and O–H groups in total. The van der Waals surface area contributed by atoms with E-state index in [1.807, 2.05) is 13.8 Å². The number of carbonyl (C=O) groups excluding carboxylic acids is 1. The van der Waals surface area contributed by atoms with Crippen molar-refractivity contribution in [1.82, 2.24) is 4.72 Å². The minimum Gasteiger partial charge on any atom is -0.760 e. The quantitative estimate of drug-likeness (QED) is 0.642. The van der Waals surface area contributed by atoms with E-state index in [4.69, 9.17) is 0 Å². The lowest BCUT2D eigenvalue weighted by atomic mass is 9.84. The van der Waals surface area contributed by atoms with Crippen molar-refractivity contribution in [2.45, 2.75) is 19.3 Å². The molecule has 0 aromatic heterocycles. The van der Waals surface area contributed by atoms with Crippen LogP contribution in [-0.4, -0.2) is 28.4 Å². The minimum absolute atomic E-state index is 0.292. The number of esters is 1. The minimum atomic E-state index is -2.27. The van der Waals surface area contributed by atoms with Crippen molar-refractivity contribution in [2.24, 2.45) is 0 Å². The molecular weight excluding hydrogens is 254 g/mol. The van der Waals surface area contributed by atoms with Gasteiger partial charge in [-0.15, -0.1) is 0 Å². The smallest absolute Gasteiger partial charge is 0.337 e. The van der Waals surface area contributed by atoms with Gasteiger partial charge in [0.25, 0.3) is 0 Å². The number of hydrogen-bond donors (Lipinski definition) is 1. The molecule has 0 bridgehead atoms. The van der Waals surface area contributed by atoms with Gasteiger partial charge in [0.2, 0.25) is 0 Å². The van der Waals surface area contributed by atoms with Gasteiger partial charge in [0.1, 0.15) is 0 Å². The Morgan fingerprint density at radius 1 is 1.39 bits per heavy atom. The molecule has 0 saturated heterocycles. The summed E-state index contributed by atoms with van der Waals surface area (Å²) in [4.78, 5) is 11.3. The Kier molecular flexibility index (Phi) is 5.01. The molecule has 1 aromatic carbocycles. The van der Waals surface area contributed by atoms with Crippen LogP contribution in [-0.2, 0) is 21.4 Å². The topological polar surface area (TPSA) is 78.5 Å². The zero-order valence-electron chi connectivity index (χ0n) is 10.6. The maximum Gasteiger partial charge on any atom is 0.337 e. The number of hydrogen-bond acceptors (Lipinski definition) is 4. The molecule has 0 fully saturated rings. The van der Waals surface area contributed by atoms with E-state index < -0.39 is 17.2 Å². The molecule has 1 atom stereocenters. The summed E-state index contributed by atoms with van der Waals surface area (Å²) in [5.74, 6) is -0.391. The van der Waals surface area contributed by atoms with E-state index in [-0.39, 0.29) is 5.41 Å². The highest BCUT2D eigenvalue weighted by molar-refractivity contribution is 7.77. The maximum atomic E-state index is 11.3. The number of nitrogens with one attached hydrogen (secondary N) is 1. The van der Waals surface area contributed by atoms with Gasteiger partial charge in [-0.25, -0.2) is 9.52 Å². The Morgan fingerprint density at radius 3 is 2.39 bits per heavy atom. The van der Waals surface area contributed by atoms with E-state index >= 15 is 0 Å². The van der Waals surface area contributed by atoms with Gasteiger partial charge in [-0.1, -0.05) is 26.0 Å². The predicted octanol–water partition coefficient (Wildman–Crippen LogP) is 1.13. The molecule has 1 rings (SSSR count). The standard InChI is InChI=1S/C12H17NO4S/c1-12(2,8-13-18(15)16)10-6-4-9(5-7-10)11(14)17-3/h4-7,13H,8H2,1-3H3,(H,15,16)/p-1. The summed E-state index contributed by atoms with van der Waals surface area (Å²) in [6.45, 7) is 4.13. The Morgan fingerprint density at radius 2 is 1.94 bits per heavy atom. The average Bonchev–Trinajstić information content (AvgIpc) is 2.36. The number of carbonyl (C=O) groups is 1. The van der Waals surface area contributed by atoms with Gasteiger partial charge in [-0.3, -0.25) is 4.21 Å². The summed E-state index contributed by atoms with van der Waals surface area (Å²) in [6, 6.07) is 6.91. The first kappa shape index (κ1) is 14.8. The maximum absolute atomic E-state index is 11.3. The molecule has 0 saturated carbocycles. The van der Waals surface area contributed by atoms with Gasteiger partial charge in [-0.2, -0.15) is 0 Å². The van der Waals surface area contributed by atoms with Crippen LogP contribution >= 0.6 is 0 Å². The van der Waals surface area contributed by atoms with Gasteiger partial charge in [-0.05, 0) is 17.7 Å². The Bertz CT molecular complexity index is 442. The third-order valence-corrected chi connectivity index (χ3v) is 3.10. The molecule has 1 aromatic rings. The van der Waals surface area contributed by atoms with Crippen LogP contribution in [0.1, 0.15) is 29.8 Å². The van der Waals surface area contributed by atoms with E-state index in [0.29, 0.717) is 12.1 Å². The highest BCUT2D eigenvalue weighted by Crippen LogP contribution is 2.22. The molecule has 0 aliphatic carbocycles. The van der Waals surface area contributed by atoms with Crippen LogP contribution in [0.25, 0.3) is 0 Å². The van der Waals surface area contributed by atoms with Crippen molar-refractivity contribution in [3.63, 3.8) is 0 Å². The Balaban J connectivity index is 2.83. The highest BCUT2D eigenvalue weighted by Gasteiger charge is 2.20. The first-order chi connectivity index (χ1) is 8.36. The lowest BCUT2D eigenvalue weighted by Crippen LogP contribution is -2.33. The van der Waals surface area contributed by atoms with E-state index in [1.54, 1.807) is 24.3 Å². The van der Waals surface area contributed by atoms with Crippen molar-refractivity contribution >= 4 is 17.2 Å². The molecule has 0 spiro atoms. The van der Waals surface area contributed by atoms with E-state index in [9.17, 15) is 13.6 Å². The predicted molar refractivity (Wildman–Crippen MR) is 67.7 cm³/mol. The fraction of sp³-hybridized carbons (Fsp3) is 0.417. The average molecular weight is 270 g/mol. The summed E-state index contributed by atoms with van der Waals surface area (Å²) >= 11 is -2.27. The fourth-order valence-corrected chi connectivity index (χ4v) is 2.00. The summed E-state index contributed by atoms with van der Waals surface area (Å²) in [5, 5.41) is 0. The van der Waals surface area contributed by atoms with E-state index in [1.165, 1.54) is 7.11 Å². The zero-order valence-corrected chi connectivity index (χ0v) is 11.4. The first-order valence-electron chi connectivity index (χ1n) is 5.38. The number of methoxy groups -OCH3 is 1. The summed E-state index contributed by atoms with van der Waals surface area (Å²) in [6.07, 6.45) is 0. The second-order valence-electron chi connectivity index (χ2n) is 4.51. The molecule has 0 amide bonds. The third kappa shape index (κ3) is 3.90. The van der Waals surface area contributed by atoms with Crippen LogP contribution in [0.3, 0.4) is 0 Å². The van der Waals surface area contributed by atoms with Crippen LogP contribution < -0.4 is 4.72 Å². The van der Waals surface area contributed by atoms with Crippen LogP contribution in [0.2, 0.25) is 0 Å². The second kappa shape index (κ2) is 6.08. The Hall–Kier alpha value is -1.24. The Labute approximate surface area is 109 Å². The number of rotatable bonds is 5. The molecule has 0 heterocycles. The van der Waals surface area contributed by atoms with Crippen LogP contribution in [0.5, 0.6) is 0 Å². The van der Waals surface area contributed by atoms with Crippen molar-refractivity contribution in [3.05, 3.63) is 35.4 Å². The number of benzene rings is 1. The van der Waals surface area contributed by atoms with E-state index in [2.05, 4.69) is 9.46 Å². The largest absolute Gasteiger partial charge is 0.760 e. The molecule has 0 radical (unpaired) electrons. The molecule has 6 heteroatoms. The van der Waals surface area contributed by atoms with Crippen molar-refractivity contribution in [2.75, 3.05) is 13.7 Å². The molecular formula is C12H16NO4S-. The lowest BCUT2D eigenvalue weighted by molar-refractivity contribution is 0.0600. The van der Waals surface area contributed by atoms with Gasteiger partial charge in [0.15, 0.2) is 0 Å². The normalized spacial score (nSPS) is 13.1. The molecule has 0 aliphatic rings. The van der Waals surface area contributed by atoms with Gasteiger partial charge in [0.05, 0.1) is 12.7 Å². The molecule has 18 heavy (non-hydrogen) atoms. The van der Waals surface area contributed by atoms with Crippen LogP contribution in [0.4, 0.5) is 0 Å². The van der Waals surface area contributed by atoms with Gasteiger partial charge >= 0.3 is 5.97 Å². The zero-order chi connectivity index (χ0) is 13.8. The van der Waals surface area contributed by atoms with Crippen molar-refractivity contribution in [1.29, 1.82) is 0 Å². The summed E-state index contributed by atoms with van der Waals surface area (Å²) < 4.78 is 27.9. The monoisotopic (exact) mass is 270 g/mol. The van der Waals surface area contributed by atoms with Crippen molar-refractivity contribution < 1.29 is 18.3 Å². The van der Waals surface area contributed by atoms with Gasteiger partial charge < -0.3 is 9.29 Å².